The topological polar surface area (TPSA) is 71.8 Å². The average Bonchev–Trinajstić information content (AvgIpc) is 2.90. The lowest BCUT2D eigenvalue weighted by Gasteiger charge is -2.10. The fourth-order valence-electron chi connectivity index (χ4n) is 2.10. The lowest BCUT2D eigenvalue weighted by Crippen LogP contribution is -2.28. The van der Waals surface area contributed by atoms with E-state index in [1.54, 1.807) is 17.0 Å². The van der Waals surface area contributed by atoms with Gasteiger partial charge in [0.15, 0.2) is 0 Å². The van der Waals surface area contributed by atoms with Gasteiger partial charge in [-0.15, -0.1) is 10.2 Å². The molecule has 3 rings (SSSR count). The second-order valence-corrected chi connectivity index (χ2v) is 4.39. The zero-order valence-corrected chi connectivity index (χ0v) is 10.2. The molecule has 1 unspecified atom stereocenters. The molecule has 1 aromatic heterocycles. The third-order valence-corrected chi connectivity index (χ3v) is 3.12. The standard InChI is InChI=1S/C12H12FN5O/c1-18-6-15-17-10(18)5-14-11-8-3-2-7(13)4-9(8)16-12(11)19/h2-4,6,11,14H,5H2,1H3,(H,16,19). The van der Waals surface area contributed by atoms with Crippen LogP contribution in [0.3, 0.4) is 0 Å². The van der Waals surface area contributed by atoms with E-state index in [4.69, 9.17) is 0 Å². The summed E-state index contributed by atoms with van der Waals surface area (Å²) in [4.78, 5) is 11.8. The van der Waals surface area contributed by atoms with Gasteiger partial charge < -0.3 is 9.88 Å². The minimum absolute atomic E-state index is 0.192. The lowest BCUT2D eigenvalue weighted by atomic mass is 10.1. The van der Waals surface area contributed by atoms with Crippen LogP contribution in [0.2, 0.25) is 0 Å². The zero-order valence-electron chi connectivity index (χ0n) is 10.2. The molecule has 0 saturated carbocycles. The van der Waals surface area contributed by atoms with E-state index in [1.165, 1.54) is 12.1 Å². The fourth-order valence-corrected chi connectivity index (χ4v) is 2.10. The first-order valence-electron chi connectivity index (χ1n) is 5.82. The molecule has 1 aromatic carbocycles. The Kier molecular flexibility index (Phi) is 2.75. The van der Waals surface area contributed by atoms with E-state index < -0.39 is 6.04 Å². The van der Waals surface area contributed by atoms with Gasteiger partial charge in [0.2, 0.25) is 5.91 Å². The van der Waals surface area contributed by atoms with Crippen molar-refractivity contribution >= 4 is 11.6 Å². The smallest absolute Gasteiger partial charge is 0.246 e. The summed E-state index contributed by atoms with van der Waals surface area (Å²) in [5, 5.41) is 13.4. The van der Waals surface area contributed by atoms with Gasteiger partial charge in [0.1, 0.15) is 24.0 Å². The monoisotopic (exact) mass is 261 g/mol. The van der Waals surface area contributed by atoms with Gasteiger partial charge in [0.25, 0.3) is 0 Å². The third kappa shape index (κ3) is 2.08. The number of anilines is 1. The Hall–Kier alpha value is -2.28. The van der Waals surface area contributed by atoms with Crippen molar-refractivity contribution in [2.24, 2.45) is 7.05 Å². The second-order valence-electron chi connectivity index (χ2n) is 4.39. The predicted octanol–water partition coefficient (Wildman–Crippen LogP) is 0.737. The number of amides is 1. The van der Waals surface area contributed by atoms with Gasteiger partial charge in [0.05, 0.1) is 6.54 Å². The van der Waals surface area contributed by atoms with E-state index in [0.717, 1.165) is 11.4 Å². The van der Waals surface area contributed by atoms with Crippen LogP contribution in [0.5, 0.6) is 0 Å². The molecule has 7 heteroatoms. The van der Waals surface area contributed by atoms with Crippen molar-refractivity contribution in [1.82, 2.24) is 20.1 Å². The van der Waals surface area contributed by atoms with Crippen molar-refractivity contribution in [2.75, 3.05) is 5.32 Å². The summed E-state index contributed by atoms with van der Waals surface area (Å²) >= 11 is 0. The third-order valence-electron chi connectivity index (χ3n) is 3.12. The molecule has 0 radical (unpaired) electrons. The molecule has 6 nitrogen and oxygen atoms in total. The van der Waals surface area contributed by atoms with Crippen LogP contribution in [0.1, 0.15) is 17.4 Å². The minimum atomic E-state index is -0.493. The van der Waals surface area contributed by atoms with Crippen molar-refractivity contribution in [2.45, 2.75) is 12.6 Å². The van der Waals surface area contributed by atoms with E-state index in [-0.39, 0.29) is 11.7 Å². The quantitative estimate of drug-likeness (QED) is 0.854. The number of rotatable bonds is 3. The van der Waals surface area contributed by atoms with Crippen molar-refractivity contribution in [1.29, 1.82) is 0 Å². The molecule has 2 aromatic rings. The Balaban J connectivity index is 1.79. The molecule has 0 bridgehead atoms. The number of aryl methyl sites for hydroxylation is 1. The normalized spacial score (nSPS) is 17.4. The summed E-state index contributed by atoms with van der Waals surface area (Å²) in [5.74, 6) is 0.166. The molecule has 0 saturated heterocycles. The van der Waals surface area contributed by atoms with Crippen LogP contribution in [-0.2, 0) is 18.4 Å². The molecule has 0 aliphatic carbocycles. The Morgan fingerprint density at radius 3 is 3.11 bits per heavy atom. The van der Waals surface area contributed by atoms with Crippen molar-refractivity contribution in [3.05, 3.63) is 41.7 Å². The first-order chi connectivity index (χ1) is 9.15. The van der Waals surface area contributed by atoms with Gasteiger partial charge in [-0.1, -0.05) is 6.07 Å². The summed E-state index contributed by atoms with van der Waals surface area (Å²) in [5.41, 5.74) is 1.26. The maximum atomic E-state index is 13.1. The minimum Gasteiger partial charge on any atom is -0.324 e. The Bertz CT molecular complexity index is 639. The van der Waals surface area contributed by atoms with Crippen LogP contribution < -0.4 is 10.6 Å². The second kappa shape index (κ2) is 4.43. The molecule has 1 atom stereocenters. The highest BCUT2D eigenvalue weighted by Gasteiger charge is 2.30. The number of carbonyl (C=O) groups is 1. The highest BCUT2D eigenvalue weighted by Crippen LogP contribution is 2.31. The summed E-state index contributed by atoms with van der Waals surface area (Å²) in [6, 6.07) is 3.77. The van der Waals surface area contributed by atoms with Gasteiger partial charge in [-0.2, -0.15) is 0 Å². The van der Waals surface area contributed by atoms with Crippen LogP contribution in [0.4, 0.5) is 10.1 Å². The first-order valence-corrected chi connectivity index (χ1v) is 5.82. The highest BCUT2D eigenvalue weighted by atomic mass is 19.1. The van der Waals surface area contributed by atoms with E-state index in [1.807, 2.05) is 7.05 Å². The summed E-state index contributed by atoms with van der Waals surface area (Å²) in [6.07, 6.45) is 1.59. The van der Waals surface area contributed by atoms with E-state index in [0.29, 0.717) is 12.2 Å². The Morgan fingerprint density at radius 1 is 1.53 bits per heavy atom. The number of carbonyl (C=O) groups excluding carboxylic acids is 1. The molecule has 2 heterocycles. The zero-order chi connectivity index (χ0) is 13.4. The highest BCUT2D eigenvalue weighted by molar-refractivity contribution is 6.02. The number of hydrogen-bond donors (Lipinski definition) is 2. The fraction of sp³-hybridized carbons (Fsp3) is 0.250. The SMILES string of the molecule is Cn1cnnc1CNC1C(=O)Nc2cc(F)ccc21. The largest absolute Gasteiger partial charge is 0.324 e. The molecular weight excluding hydrogens is 249 g/mol. The predicted molar refractivity (Wildman–Crippen MR) is 65.6 cm³/mol. The molecule has 98 valence electrons. The summed E-state index contributed by atoms with van der Waals surface area (Å²) < 4.78 is 14.9. The number of hydrogen-bond acceptors (Lipinski definition) is 4. The van der Waals surface area contributed by atoms with Crippen LogP contribution in [0.15, 0.2) is 24.5 Å². The van der Waals surface area contributed by atoms with Crippen molar-refractivity contribution in [3.8, 4) is 0 Å². The van der Waals surface area contributed by atoms with Gasteiger partial charge in [-0.3, -0.25) is 10.1 Å². The molecule has 0 spiro atoms. The number of fused-ring (bicyclic) bond motifs is 1. The number of nitrogens with zero attached hydrogens (tertiary/aromatic N) is 3. The van der Waals surface area contributed by atoms with Crippen molar-refractivity contribution in [3.63, 3.8) is 0 Å². The van der Waals surface area contributed by atoms with Gasteiger partial charge in [0, 0.05) is 18.3 Å². The maximum Gasteiger partial charge on any atom is 0.246 e. The van der Waals surface area contributed by atoms with Crippen LogP contribution in [-0.4, -0.2) is 20.7 Å². The molecule has 1 aliphatic heterocycles. The summed E-state index contributed by atoms with van der Waals surface area (Å²) in [7, 11) is 1.83. The average molecular weight is 261 g/mol. The Morgan fingerprint density at radius 2 is 2.37 bits per heavy atom. The van der Waals surface area contributed by atoms with Gasteiger partial charge in [-0.25, -0.2) is 4.39 Å². The molecular formula is C12H12FN5O. The molecule has 0 fully saturated rings. The Labute approximate surface area is 108 Å². The molecule has 1 amide bonds. The molecule has 2 N–H and O–H groups in total. The van der Waals surface area contributed by atoms with Gasteiger partial charge in [-0.05, 0) is 12.1 Å². The van der Waals surface area contributed by atoms with Gasteiger partial charge >= 0.3 is 0 Å². The first kappa shape index (κ1) is 11.8. The van der Waals surface area contributed by atoms with E-state index in [2.05, 4.69) is 20.8 Å². The lowest BCUT2D eigenvalue weighted by molar-refractivity contribution is -0.117. The number of aromatic nitrogens is 3. The number of nitrogens with one attached hydrogen (secondary N) is 2. The molecule has 1 aliphatic rings. The van der Waals surface area contributed by atoms with Crippen LogP contribution >= 0.6 is 0 Å². The van der Waals surface area contributed by atoms with E-state index >= 15 is 0 Å². The summed E-state index contributed by atoms with van der Waals surface area (Å²) in [6.45, 7) is 0.408. The molecule has 19 heavy (non-hydrogen) atoms. The van der Waals surface area contributed by atoms with Crippen molar-refractivity contribution < 1.29 is 9.18 Å². The van der Waals surface area contributed by atoms with E-state index in [9.17, 15) is 9.18 Å². The maximum absolute atomic E-state index is 13.1. The number of halogens is 1. The number of benzene rings is 1. The van der Waals surface area contributed by atoms with Crippen LogP contribution in [0, 0.1) is 5.82 Å². The van der Waals surface area contributed by atoms with Crippen LogP contribution in [0.25, 0.3) is 0 Å².